The van der Waals surface area contributed by atoms with Crippen LogP contribution in [0.25, 0.3) is 21.8 Å². The number of likely N-dealkylation sites (N-methyl/N-ethyl adjacent to an activating group) is 4. The summed E-state index contributed by atoms with van der Waals surface area (Å²) in [6.07, 6.45) is 3.65. The van der Waals surface area contributed by atoms with Crippen molar-refractivity contribution < 1.29 is 86.6 Å². The summed E-state index contributed by atoms with van der Waals surface area (Å²) >= 11 is 0.802. The highest BCUT2D eigenvalue weighted by atomic mass is 32.2. The van der Waals surface area contributed by atoms with Gasteiger partial charge in [0.2, 0.25) is 100 Å². The Morgan fingerprint density at radius 1 is 0.550 bits per heavy atom. The molecule has 1 unspecified atom stereocenters. The molecule has 3 fully saturated rings. The molecule has 0 aliphatic carbocycles. The number of hydrogen-bond acceptors (Lipinski definition) is 21. The largest absolute Gasteiger partial charge is 0.377 e. The van der Waals surface area contributed by atoms with Crippen molar-refractivity contribution in [2.75, 3.05) is 65.9 Å². The lowest BCUT2D eigenvalue weighted by Gasteiger charge is -2.36. The number of nitrogens with zero attached hydrogens (tertiary/aromatic N) is 6. The number of amides is 17. The zero-order valence-electron chi connectivity index (χ0n) is 75.6. The van der Waals surface area contributed by atoms with Gasteiger partial charge in [-0.3, -0.25) is 81.5 Å². The Bertz CT molecular complexity index is 5010. The van der Waals surface area contributed by atoms with E-state index in [4.69, 9.17) is 11.5 Å². The van der Waals surface area contributed by atoms with Crippen LogP contribution in [0.2, 0.25) is 0 Å². The number of nitrogens with two attached hydrogens (primary N) is 2. The zero-order valence-corrected chi connectivity index (χ0v) is 76.4. The van der Waals surface area contributed by atoms with Gasteiger partial charge in [-0.25, -0.2) is 4.98 Å². The van der Waals surface area contributed by atoms with Crippen LogP contribution in [-0.2, 0) is 107 Å². The second kappa shape index (κ2) is 49.3. The summed E-state index contributed by atoms with van der Waals surface area (Å²) in [6, 6.07) is 3.47. The van der Waals surface area contributed by atoms with Crippen LogP contribution < -0.4 is 70.0 Å². The molecule has 40 nitrogen and oxygen atoms in total. The molecule has 3 aliphatic rings. The van der Waals surface area contributed by atoms with Crippen LogP contribution in [0.5, 0.6) is 0 Å². The number of thioether (sulfide) groups is 1. The van der Waals surface area contributed by atoms with Crippen molar-refractivity contribution in [2.45, 2.75) is 235 Å². The topological polar surface area (TPSA) is 571 Å². The monoisotopic (exact) mass is 1830 g/mol. The molecule has 0 spiro atoms. The number of hydrogen-bond donors (Lipinski definition) is 17. The number of para-hydroxylation sites is 2. The van der Waals surface area contributed by atoms with Crippen LogP contribution in [0.15, 0.2) is 104 Å². The standard InChI is InChI=1S/C90H126N22O18S/c1-10-12-30-70-84(124)102-62-33-34-75(115)94-35-21-29-61(80(120)106-67(40-55-44-96-60-28-20-18-26-58(55)60)88(128)111(9)72(31-13-11-2)90(130)110(70)8)101-82(122)63(39-54-43-95-59-27-19-17-25-57(54)59)99-76(116)47-108(6)86(126)65(37-51(3)4)105-83(123)64(41-56-45-93-50-98-56)103-85(125)71-32-22-36-112(71)89(129)68(42-73(91)113)104-78(118)52(5)109(7)87(127)66(38-53-23-15-14-16-24-53)100-77(117)49-131-48-69(107-81(62)121)79(119)97-46-74(92)114/h14-20,23-28,43-45,50-52,61-72,74,95-96,114H,10-13,21-22,29-42,46-49,92H2,1-9H3,(H2,91,113)(H,93,98)(H,94,115)(H,97,119)(H,99,116)(H,100,117)(H,101,122)(H,102,124)(H,103,125)(H,104,118)(H,105,123)(H,106,120)(H,107,121)/t52-,61-,62-,63-,64-,65-,66-,67-,68-,69-,70-,71-,72-,74?/m0/s1. The molecule has 3 saturated heterocycles. The summed E-state index contributed by atoms with van der Waals surface area (Å²) in [7, 11) is 5.36. The molecule has 9 rings (SSSR count). The number of H-pyrrole nitrogens is 3. The number of nitrogens with one attached hydrogen (secondary N) is 14. The Morgan fingerprint density at radius 3 is 1.74 bits per heavy atom. The van der Waals surface area contributed by atoms with Gasteiger partial charge in [-0.1, -0.05) is 120 Å². The number of carbonyl (C=O) groups is 17. The summed E-state index contributed by atoms with van der Waals surface area (Å²) in [6.45, 7) is 7.07. The van der Waals surface area contributed by atoms with E-state index >= 15 is 33.6 Å². The van der Waals surface area contributed by atoms with Gasteiger partial charge >= 0.3 is 0 Å². The highest BCUT2D eigenvalue weighted by Crippen LogP contribution is 2.27. The van der Waals surface area contributed by atoms with Gasteiger partial charge in [0.05, 0.1) is 31.6 Å². The van der Waals surface area contributed by atoms with Gasteiger partial charge in [0.25, 0.3) is 0 Å². The fourth-order valence-electron chi connectivity index (χ4n) is 16.3. The molecule has 14 atom stereocenters. The van der Waals surface area contributed by atoms with Crippen LogP contribution in [-0.4, -0.2) is 301 Å². The Balaban J connectivity index is 1.13. The van der Waals surface area contributed by atoms with Crippen molar-refractivity contribution in [3.63, 3.8) is 0 Å². The van der Waals surface area contributed by atoms with Crippen molar-refractivity contribution in [3.8, 4) is 0 Å². The van der Waals surface area contributed by atoms with Crippen molar-refractivity contribution in [3.05, 3.63) is 126 Å². The predicted molar refractivity (Wildman–Crippen MR) is 486 cm³/mol. The molecular weight excluding hydrogens is 1710 g/mol. The van der Waals surface area contributed by atoms with Gasteiger partial charge in [-0.15, -0.1) is 11.8 Å². The normalized spacial score (nSPS) is 24.7. The van der Waals surface area contributed by atoms with E-state index < -0.39 is 229 Å². The maximum atomic E-state index is 15.8. The maximum absolute atomic E-state index is 15.8. The molecule has 3 aromatic heterocycles. The van der Waals surface area contributed by atoms with Crippen molar-refractivity contribution in [1.29, 1.82) is 0 Å². The van der Waals surface area contributed by atoms with Crippen LogP contribution in [0, 0.1) is 5.92 Å². The Morgan fingerprint density at radius 2 is 1.11 bits per heavy atom. The minimum Gasteiger partial charge on any atom is -0.377 e. The van der Waals surface area contributed by atoms with Crippen molar-refractivity contribution in [2.24, 2.45) is 17.4 Å². The SMILES string of the molecule is CCCC[C@H]1C(=O)N(C)[C@@H](CCCC)C(=O)N[C@H]2CCC(=O)NCCC[C@H](NC(=O)[C@H](Cc3c[nH]c4ccccc34)NC(=O)CN(C)C(=O)[C@H](CC(C)C)NC(=O)[C@H](Cc3cnc[nH]3)NC(=O)[C@@H]3CCCN3C(=O)[C@H](CC(N)=O)NC(=O)[C@H](C)N(C)C(=O)[C@H](Cc3ccccc3)NC(=O)CSC[C@@H](C(=O)NCC(N)O)NC2=O)C(=O)N[C@@H](Cc2c[nH]c3ccccc23)C(=O)N1C. The first-order valence-corrected chi connectivity index (χ1v) is 45.7. The van der Waals surface area contributed by atoms with Crippen molar-refractivity contribution in [1.82, 2.24) is 103 Å². The lowest BCUT2D eigenvalue weighted by atomic mass is 9.99. The molecule has 41 heteroatoms. The number of carbonyl (C=O) groups excluding carboxylic acids is 17. The molecule has 710 valence electrons. The fourth-order valence-corrected chi connectivity index (χ4v) is 17.1. The van der Waals surface area contributed by atoms with Crippen LogP contribution in [0.4, 0.5) is 0 Å². The number of imidazole rings is 1. The number of aliphatic hydroxyl groups excluding tert-OH is 1. The van der Waals surface area contributed by atoms with Gasteiger partial charge in [0.1, 0.15) is 84.8 Å². The van der Waals surface area contributed by atoms with Crippen LogP contribution in [0.1, 0.15) is 147 Å². The van der Waals surface area contributed by atoms with E-state index in [0.29, 0.717) is 69.9 Å². The summed E-state index contributed by atoms with van der Waals surface area (Å²) in [5.74, 6) is -16.0. The molecule has 6 heterocycles. The van der Waals surface area contributed by atoms with E-state index in [2.05, 4.69) is 78.4 Å². The summed E-state index contributed by atoms with van der Waals surface area (Å²) in [4.78, 5) is 272. The maximum Gasteiger partial charge on any atom is 0.246 e. The van der Waals surface area contributed by atoms with Crippen LogP contribution >= 0.6 is 11.8 Å². The molecule has 2 bridgehead atoms. The lowest BCUT2D eigenvalue weighted by Crippen LogP contribution is -2.61. The first-order valence-electron chi connectivity index (χ1n) is 44.6. The quantitative estimate of drug-likeness (QED) is 0.0388. The number of fused-ring (bicyclic) bond motifs is 11. The molecule has 6 aromatic rings. The second-order valence-electron chi connectivity index (χ2n) is 34.1. The van der Waals surface area contributed by atoms with Gasteiger partial charge in [0, 0.05) is 125 Å². The van der Waals surface area contributed by atoms with Gasteiger partial charge in [-0.05, 0) is 93.0 Å². The smallest absolute Gasteiger partial charge is 0.246 e. The first-order chi connectivity index (χ1) is 62.5. The zero-order chi connectivity index (χ0) is 95.3. The molecule has 3 aliphatic heterocycles. The number of unbranched alkanes of at least 4 members (excludes halogenated alkanes) is 2. The van der Waals surface area contributed by atoms with E-state index in [9.17, 15) is 53.1 Å². The molecule has 3 aromatic carbocycles. The molecule has 17 amide bonds. The van der Waals surface area contributed by atoms with Gasteiger partial charge in [0.15, 0.2) is 0 Å². The number of aromatic amines is 3. The lowest BCUT2D eigenvalue weighted by molar-refractivity contribution is -0.149. The Kier molecular flexibility index (Phi) is 38.4. The predicted octanol–water partition coefficient (Wildman–Crippen LogP) is -0.911. The Hall–Kier alpha value is -12.8. The van der Waals surface area contributed by atoms with Gasteiger partial charge in [-0.2, -0.15) is 0 Å². The van der Waals surface area contributed by atoms with Gasteiger partial charge < -0.3 is 115 Å². The van der Waals surface area contributed by atoms with Crippen molar-refractivity contribution >= 4 is 134 Å². The summed E-state index contributed by atoms with van der Waals surface area (Å²) in [5, 5.41) is 41.5. The number of aliphatic hydroxyl groups is 1. The number of benzene rings is 3. The highest BCUT2D eigenvalue weighted by Gasteiger charge is 2.44. The van der Waals surface area contributed by atoms with E-state index in [1.165, 1.54) is 57.4 Å². The third kappa shape index (κ3) is 29.1. The average Bonchev–Trinajstić information content (AvgIpc) is 1.78. The molecule has 0 saturated carbocycles. The average molecular weight is 1840 g/mol. The number of rotatable bonds is 21. The van der Waals surface area contributed by atoms with E-state index in [-0.39, 0.29) is 89.6 Å². The van der Waals surface area contributed by atoms with E-state index in [1.807, 2.05) is 32.0 Å². The third-order valence-corrected chi connectivity index (χ3v) is 24.7. The minimum atomic E-state index is -1.73. The number of aromatic nitrogens is 4. The Labute approximate surface area is 764 Å². The second-order valence-corrected chi connectivity index (χ2v) is 35.2. The first kappa shape index (κ1) is 102. The fraction of sp³-hybridized carbons (Fsp3) is 0.533. The van der Waals surface area contributed by atoms with E-state index in [0.717, 1.165) is 26.5 Å². The molecular formula is C90H126N22O18S. The molecule has 0 radical (unpaired) electrons. The molecule has 131 heavy (non-hydrogen) atoms. The van der Waals surface area contributed by atoms with Crippen LogP contribution in [0.3, 0.4) is 0 Å². The van der Waals surface area contributed by atoms with E-state index in [1.54, 1.807) is 86.9 Å². The summed E-state index contributed by atoms with van der Waals surface area (Å²) in [5.41, 5.74) is 14.8. The minimum absolute atomic E-state index is 0.0126. The molecule has 19 N–H and O–H groups in total. The third-order valence-electron chi connectivity index (χ3n) is 23.7. The summed E-state index contributed by atoms with van der Waals surface area (Å²) < 4.78 is 0. The highest BCUT2D eigenvalue weighted by molar-refractivity contribution is 8.00. The number of primary amides is 1.